The van der Waals surface area contributed by atoms with Gasteiger partial charge < -0.3 is 9.84 Å². The third kappa shape index (κ3) is 3.33. The topological polar surface area (TPSA) is 29.5 Å². The zero-order valence-corrected chi connectivity index (χ0v) is 11.6. The van der Waals surface area contributed by atoms with E-state index in [-0.39, 0.29) is 5.60 Å². The number of hydrogen-bond acceptors (Lipinski definition) is 2. The first-order chi connectivity index (χ1) is 8.47. The molecule has 0 aliphatic heterocycles. The minimum atomic E-state index is -0.513. The van der Waals surface area contributed by atoms with Crippen molar-refractivity contribution >= 4 is 0 Å². The molecule has 1 aliphatic rings. The highest BCUT2D eigenvalue weighted by Gasteiger charge is 2.24. The Hall–Kier alpha value is -0.860. The van der Waals surface area contributed by atoms with E-state index in [1.165, 1.54) is 24.8 Å². The minimum Gasteiger partial charge on any atom is -0.386 e. The van der Waals surface area contributed by atoms with Gasteiger partial charge in [-0.25, -0.2) is 0 Å². The Labute approximate surface area is 110 Å². The molecular weight excluding hydrogens is 224 g/mol. The van der Waals surface area contributed by atoms with Gasteiger partial charge >= 0.3 is 0 Å². The molecule has 100 valence electrons. The smallest absolute Gasteiger partial charge is 0.103 e. The van der Waals surface area contributed by atoms with Crippen LogP contribution in [-0.2, 0) is 4.74 Å². The average molecular weight is 248 g/mol. The van der Waals surface area contributed by atoms with Crippen molar-refractivity contribution in [1.82, 2.24) is 0 Å². The van der Waals surface area contributed by atoms with Gasteiger partial charge in [0, 0.05) is 0 Å². The summed E-state index contributed by atoms with van der Waals surface area (Å²) in [5, 5.41) is 10.3. The summed E-state index contributed by atoms with van der Waals surface area (Å²) in [4.78, 5) is 0. The van der Waals surface area contributed by atoms with Crippen LogP contribution < -0.4 is 0 Å². The van der Waals surface area contributed by atoms with E-state index in [4.69, 9.17) is 4.74 Å². The summed E-state index contributed by atoms with van der Waals surface area (Å²) in [7, 11) is 0. The van der Waals surface area contributed by atoms with Gasteiger partial charge in [0.2, 0.25) is 0 Å². The monoisotopic (exact) mass is 248 g/mol. The summed E-state index contributed by atoms with van der Waals surface area (Å²) < 4.78 is 5.68. The fourth-order valence-electron chi connectivity index (χ4n) is 2.32. The number of hydrogen-bond donors (Lipinski definition) is 1. The van der Waals surface area contributed by atoms with Crippen LogP contribution in [-0.4, -0.2) is 17.3 Å². The largest absolute Gasteiger partial charge is 0.386 e. The van der Waals surface area contributed by atoms with Crippen molar-refractivity contribution in [1.29, 1.82) is 0 Å². The molecule has 1 aromatic carbocycles. The molecule has 0 radical (unpaired) electrons. The summed E-state index contributed by atoms with van der Waals surface area (Å²) >= 11 is 0. The Morgan fingerprint density at radius 3 is 2.50 bits per heavy atom. The molecule has 1 aromatic rings. The van der Waals surface area contributed by atoms with E-state index in [0.29, 0.717) is 12.5 Å². The molecule has 18 heavy (non-hydrogen) atoms. The van der Waals surface area contributed by atoms with Crippen LogP contribution in [0.25, 0.3) is 0 Å². The zero-order chi connectivity index (χ0) is 13.2. The molecule has 1 fully saturated rings. The molecule has 2 nitrogen and oxygen atoms in total. The molecule has 1 saturated carbocycles. The molecule has 0 spiro atoms. The van der Waals surface area contributed by atoms with Gasteiger partial charge in [0.1, 0.15) is 6.10 Å². The van der Waals surface area contributed by atoms with Crippen molar-refractivity contribution in [2.45, 2.75) is 57.7 Å². The second-order valence-electron chi connectivity index (χ2n) is 6.20. The molecule has 1 unspecified atom stereocenters. The summed E-state index contributed by atoms with van der Waals surface area (Å²) in [6, 6.07) is 8.25. The highest BCUT2D eigenvalue weighted by atomic mass is 16.5. The molecule has 0 amide bonds. The highest BCUT2D eigenvalue weighted by Crippen LogP contribution is 2.39. The quantitative estimate of drug-likeness (QED) is 0.878. The summed E-state index contributed by atoms with van der Waals surface area (Å²) in [6.45, 7) is 6.40. The third-order valence-electron chi connectivity index (χ3n) is 3.57. The van der Waals surface area contributed by atoms with Gasteiger partial charge in [-0.2, -0.15) is 0 Å². The maximum atomic E-state index is 10.3. The Morgan fingerprint density at radius 1 is 1.28 bits per heavy atom. The van der Waals surface area contributed by atoms with Crippen LogP contribution in [0.2, 0.25) is 0 Å². The molecule has 0 heterocycles. The second-order valence-corrected chi connectivity index (χ2v) is 6.20. The molecule has 0 bridgehead atoms. The normalized spacial score (nSPS) is 18.4. The van der Waals surface area contributed by atoms with Gasteiger partial charge in [0.15, 0.2) is 0 Å². The summed E-state index contributed by atoms with van der Waals surface area (Å²) in [5.41, 5.74) is 2.16. The Bertz CT molecular complexity index is 388. The van der Waals surface area contributed by atoms with Gasteiger partial charge in [0.05, 0.1) is 12.2 Å². The van der Waals surface area contributed by atoms with Gasteiger partial charge in [-0.15, -0.1) is 0 Å². The van der Waals surface area contributed by atoms with E-state index in [1.807, 2.05) is 32.9 Å². The average Bonchev–Trinajstić information content (AvgIpc) is 2.23. The van der Waals surface area contributed by atoms with Crippen molar-refractivity contribution < 1.29 is 9.84 Å². The maximum Gasteiger partial charge on any atom is 0.103 e. The summed E-state index contributed by atoms with van der Waals surface area (Å²) in [6.07, 6.45) is 3.31. The van der Waals surface area contributed by atoms with Crippen molar-refractivity contribution in [3.8, 4) is 0 Å². The molecule has 0 saturated heterocycles. The number of benzene rings is 1. The van der Waals surface area contributed by atoms with Crippen molar-refractivity contribution in [2.24, 2.45) is 0 Å². The van der Waals surface area contributed by atoms with E-state index < -0.39 is 6.10 Å². The SMILES string of the molecule is CC(C)(C)OCC(O)c1ccccc1C1CCC1. The highest BCUT2D eigenvalue weighted by molar-refractivity contribution is 5.33. The predicted molar refractivity (Wildman–Crippen MR) is 73.7 cm³/mol. The molecular formula is C16H24O2. The van der Waals surface area contributed by atoms with E-state index in [1.54, 1.807) is 0 Å². The molecule has 2 rings (SSSR count). The number of ether oxygens (including phenoxy) is 1. The standard InChI is InChI=1S/C16H24O2/c1-16(2,3)18-11-15(17)14-10-5-4-9-13(14)12-7-6-8-12/h4-5,9-10,12,15,17H,6-8,11H2,1-3H3. The Kier molecular flexibility index (Phi) is 4.08. The van der Waals surface area contributed by atoms with Crippen molar-refractivity contribution in [3.63, 3.8) is 0 Å². The lowest BCUT2D eigenvalue weighted by atomic mass is 9.77. The molecule has 1 aliphatic carbocycles. The van der Waals surface area contributed by atoms with Crippen LogP contribution in [0.4, 0.5) is 0 Å². The first-order valence-electron chi connectivity index (χ1n) is 6.88. The van der Waals surface area contributed by atoms with Crippen molar-refractivity contribution in [2.75, 3.05) is 6.61 Å². The van der Waals surface area contributed by atoms with E-state index in [2.05, 4.69) is 12.1 Å². The number of aliphatic hydroxyl groups excluding tert-OH is 1. The van der Waals surface area contributed by atoms with Crippen molar-refractivity contribution in [3.05, 3.63) is 35.4 Å². The van der Waals surface area contributed by atoms with Crippen LogP contribution in [0.5, 0.6) is 0 Å². The second kappa shape index (κ2) is 5.41. The molecule has 2 heteroatoms. The van der Waals surface area contributed by atoms with Crippen LogP contribution in [0.1, 0.15) is 63.2 Å². The van der Waals surface area contributed by atoms with Crippen LogP contribution >= 0.6 is 0 Å². The van der Waals surface area contributed by atoms with Crippen LogP contribution in [0, 0.1) is 0 Å². The van der Waals surface area contributed by atoms with Gasteiger partial charge in [-0.1, -0.05) is 30.7 Å². The molecule has 1 atom stereocenters. The number of rotatable bonds is 4. The van der Waals surface area contributed by atoms with Crippen LogP contribution in [0.15, 0.2) is 24.3 Å². The lowest BCUT2D eigenvalue weighted by Crippen LogP contribution is -2.23. The minimum absolute atomic E-state index is 0.202. The van der Waals surface area contributed by atoms with E-state index in [9.17, 15) is 5.11 Å². The fourth-order valence-corrected chi connectivity index (χ4v) is 2.32. The molecule has 0 aromatic heterocycles. The maximum absolute atomic E-state index is 10.3. The lowest BCUT2D eigenvalue weighted by molar-refractivity contribution is -0.0499. The van der Waals surface area contributed by atoms with E-state index in [0.717, 1.165) is 5.56 Å². The molecule has 1 N–H and O–H groups in total. The Morgan fingerprint density at radius 2 is 1.94 bits per heavy atom. The third-order valence-corrected chi connectivity index (χ3v) is 3.57. The predicted octanol–water partition coefficient (Wildman–Crippen LogP) is 3.80. The van der Waals surface area contributed by atoms with E-state index >= 15 is 0 Å². The van der Waals surface area contributed by atoms with Gasteiger partial charge in [-0.05, 0) is 50.7 Å². The van der Waals surface area contributed by atoms with Gasteiger partial charge in [-0.3, -0.25) is 0 Å². The zero-order valence-electron chi connectivity index (χ0n) is 11.6. The van der Waals surface area contributed by atoms with Crippen LogP contribution in [0.3, 0.4) is 0 Å². The van der Waals surface area contributed by atoms with Gasteiger partial charge in [0.25, 0.3) is 0 Å². The number of aliphatic hydroxyl groups is 1. The Balaban J connectivity index is 2.07. The lowest BCUT2D eigenvalue weighted by Gasteiger charge is -2.30. The fraction of sp³-hybridized carbons (Fsp3) is 0.625. The first kappa shape index (κ1) is 13.6. The first-order valence-corrected chi connectivity index (χ1v) is 6.88. The summed E-state index contributed by atoms with van der Waals surface area (Å²) in [5.74, 6) is 0.644.